The number of alkyl halides is 2. The molecule has 1 aromatic rings. The predicted octanol–water partition coefficient (Wildman–Crippen LogP) is 3.46. The zero-order valence-corrected chi connectivity index (χ0v) is 11.7. The van der Waals surface area contributed by atoms with Crippen LogP contribution in [0.2, 0.25) is 0 Å². The molecule has 2 aliphatic heterocycles. The summed E-state index contributed by atoms with van der Waals surface area (Å²) in [5.41, 5.74) is -0.298. The van der Waals surface area contributed by atoms with E-state index < -0.39 is 12.0 Å². The molecule has 2 aliphatic rings. The van der Waals surface area contributed by atoms with E-state index in [-0.39, 0.29) is 5.56 Å². The second-order valence-corrected chi connectivity index (χ2v) is 6.27. The van der Waals surface area contributed by atoms with Crippen LogP contribution in [0.25, 0.3) is 0 Å². The van der Waals surface area contributed by atoms with Crippen LogP contribution < -0.4 is 0 Å². The summed E-state index contributed by atoms with van der Waals surface area (Å²) in [7, 11) is 2.11. The lowest BCUT2D eigenvalue weighted by Gasteiger charge is -2.50. The first-order valence-electron chi connectivity index (χ1n) is 7.32. The summed E-state index contributed by atoms with van der Waals surface area (Å²) >= 11 is 0. The van der Waals surface area contributed by atoms with Gasteiger partial charge in [0, 0.05) is 17.6 Å². The quantitative estimate of drug-likeness (QED) is 0.897. The number of fused-ring (bicyclic) bond motifs is 2. The van der Waals surface area contributed by atoms with Gasteiger partial charge in [0.1, 0.15) is 0 Å². The van der Waals surface area contributed by atoms with E-state index in [9.17, 15) is 13.9 Å². The molecule has 2 atom stereocenters. The summed E-state index contributed by atoms with van der Waals surface area (Å²) < 4.78 is 25.7. The maximum Gasteiger partial charge on any atom is 0.263 e. The summed E-state index contributed by atoms with van der Waals surface area (Å²) in [6.45, 7) is 0. The fraction of sp³-hybridized carbons (Fsp3) is 0.625. The van der Waals surface area contributed by atoms with Crippen LogP contribution in [0.1, 0.15) is 49.7 Å². The predicted molar refractivity (Wildman–Crippen MR) is 73.7 cm³/mol. The van der Waals surface area contributed by atoms with Gasteiger partial charge >= 0.3 is 0 Å². The Morgan fingerprint density at radius 1 is 1.25 bits per heavy atom. The highest BCUT2D eigenvalue weighted by Crippen LogP contribution is 2.43. The number of benzene rings is 1. The van der Waals surface area contributed by atoms with Gasteiger partial charge in [0.15, 0.2) is 0 Å². The van der Waals surface area contributed by atoms with Crippen molar-refractivity contribution in [3.05, 3.63) is 35.4 Å². The van der Waals surface area contributed by atoms with Gasteiger partial charge in [-0.2, -0.15) is 0 Å². The minimum atomic E-state index is -2.48. The molecule has 2 unspecified atom stereocenters. The Bertz CT molecular complexity index is 477. The molecule has 1 aromatic carbocycles. The summed E-state index contributed by atoms with van der Waals surface area (Å²) in [6, 6.07) is 7.04. The van der Waals surface area contributed by atoms with Gasteiger partial charge in [-0.15, -0.1) is 0 Å². The summed E-state index contributed by atoms with van der Waals surface area (Å²) in [4.78, 5) is 2.36. The molecule has 4 heteroatoms. The van der Waals surface area contributed by atoms with Crippen LogP contribution >= 0.6 is 0 Å². The van der Waals surface area contributed by atoms with Crippen molar-refractivity contribution in [2.24, 2.45) is 0 Å². The van der Waals surface area contributed by atoms with Crippen LogP contribution in [0.4, 0.5) is 8.78 Å². The van der Waals surface area contributed by atoms with Crippen molar-refractivity contribution < 1.29 is 13.9 Å². The average Bonchev–Trinajstić information content (AvgIpc) is 2.41. The first kappa shape index (κ1) is 14.0. The molecule has 1 N–H and O–H groups in total. The van der Waals surface area contributed by atoms with E-state index in [0.29, 0.717) is 30.5 Å². The van der Waals surface area contributed by atoms with Gasteiger partial charge in [0.05, 0.1) is 5.60 Å². The highest BCUT2D eigenvalue weighted by atomic mass is 19.3. The lowest BCUT2D eigenvalue weighted by molar-refractivity contribution is -0.0875. The third-order valence-corrected chi connectivity index (χ3v) is 5.05. The summed E-state index contributed by atoms with van der Waals surface area (Å²) in [5, 5.41) is 11.0. The van der Waals surface area contributed by atoms with Crippen molar-refractivity contribution >= 4 is 0 Å². The maximum atomic E-state index is 12.8. The molecule has 2 nitrogen and oxygen atoms in total. The zero-order chi connectivity index (χ0) is 14.3. The largest absolute Gasteiger partial charge is 0.385 e. The Morgan fingerprint density at radius 3 is 2.50 bits per heavy atom. The molecule has 110 valence electrons. The van der Waals surface area contributed by atoms with Crippen molar-refractivity contribution in [1.82, 2.24) is 4.90 Å². The fourth-order valence-electron chi connectivity index (χ4n) is 3.85. The van der Waals surface area contributed by atoms with Crippen molar-refractivity contribution in [1.29, 1.82) is 0 Å². The standard InChI is InChI=1S/C16H21F2NO/c1-19-13-6-3-7-14(19)10-16(20,9-13)12-5-2-4-11(8-12)15(17)18/h2,4-5,8,13-15,20H,3,6-7,9-10H2,1H3. The Kier molecular flexibility index (Phi) is 3.55. The van der Waals surface area contributed by atoms with Gasteiger partial charge < -0.3 is 10.0 Å². The van der Waals surface area contributed by atoms with Gasteiger partial charge in [-0.3, -0.25) is 0 Å². The average molecular weight is 281 g/mol. The molecule has 2 heterocycles. The first-order valence-corrected chi connectivity index (χ1v) is 7.32. The van der Waals surface area contributed by atoms with Gasteiger partial charge in [0.2, 0.25) is 0 Å². The number of halogens is 2. The molecule has 0 radical (unpaired) electrons. The van der Waals surface area contributed by atoms with E-state index in [0.717, 1.165) is 12.8 Å². The van der Waals surface area contributed by atoms with Crippen molar-refractivity contribution in [2.75, 3.05) is 7.05 Å². The second-order valence-electron chi connectivity index (χ2n) is 6.27. The molecule has 20 heavy (non-hydrogen) atoms. The van der Waals surface area contributed by atoms with E-state index in [1.54, 1.807) is 12.1 Å². The second kappa shape index (κ2) is 5.08. The Labute approximate surface area is 118 Å². The molecule has 0 aromatic heterocycles. The van der Waals surface area contributed by atoms with E-state index in [1.165, 1.54) is 18.6 Å². The van der Waals surface area contributed by atoms with Gasteiger partial charge in [-0.25, -0.2) is 8.78 Å². The Balaban J connectivity index is 1.91. The van der Waals surface area contributed by atoms with E-state index in [4.69, 9.17) is 0 Å². The highest BCUT2D eigenvalue weighted by molar-refractivity contribution is 5.30. The maximum absolute atomic E-state index is 12.8. The Morgan fingerprint density at radius 2 is 1.90 bits per heavy atom. The van der Waals surface area contributed by atoms with Crippen molar-refractivity contribution in [2.45, 2.75) is 56.2 Å². The Hall–Kier alpha value is -1.00. The van der Waals surface area contributed by atoms with E-state index in [2.05, 4.69) is 11.9 Å². The number of aliphatic hydroxyl groups is 1. The molecular weight excluding hydrogens is 260 g/mol. The van der Waals surface area contributed by atoms with Gasteiger partial charge in [-0.1, -0.05) is 24.6 Å². The zero-order valence-electron chi connectivity index (χ0n) is 11.7. The van der Waals surface area contributed by atoms with Gasteiger partial charge in [0.25, 0.3) is 6.43 Å². The van der Waals surface area contributed by atoms with Crippen LogP contribution in [-0.2, 0) is 5.60 Å². The molecule has 2 bridgehead atoms. The van der Waals surface area contributed by atoms with Crippen LogP contribution in [0.15, 0.2) is 24.3 Å². The molecule has 2 saturated heterocycles. The number of hydrogen-bond donors (Lipinski definition) is 1. The molecular formula is C16H21F2NO. The normalized spacial score (nSPS) is 34.5. The van der Waals surface area contributed by atoms with Crippen LogP contribution in [0.3, 0.4) is 0 Å². The van der Waals surface area contributed by atoms with Crippen molar-refractivity contribution in [3.63, 3.8) is 0 Å². The van der Waals surface area contributed by atoms with Crippen molar-refractivity contribution in [3.8, 4) is 0 Å². The minimum absolute atomic E-state index is 0.0000116. The number of nitrogens with zero attached hydrogens (tertiary/aromatic N) is 1. The smallest absolute Gasteiger partial charge is 0.263 e. The van der Waals surface area contributed by atoms with E-state index in [1.807, 2.05) is 0 Å². The topological polar surface area (TPSA) is 23.5 Å². The lowest BCUT2D eigenvalue weighted by atomic mass is 9.72. The molecule has 0 spiro atoms. The molecule has 0 saturated carbocycles. The highest BCUT2D eigenvalue weighted by Gasteiger charge is 2.44. The molecule has 3 rings (SSSR count). The number of hydrogen-bond acceptors (Lipinski definition) is 2. The first-order chi connectivity index (χ1) is 9.49. The molecule has 0 aliphatic carbocycles. The van der Waals surface area contributed by atoms with Crippen LogP contribution in [0.5, 0.6) is 0 Å². The fourth-order valence-corrected chi connectivity index (χ4v) is 3.85. The molecule has 0 amide bonds. The monoisotopic (exact) mass is 281 g/mol. The van der Waals surface area contributed by atoms with Gasteiger partial charge in [-0.05, 0) is 44.4 Å². The lowest BCUT2D eigenvalue weighted by Crippen LogP contribution is -2.55. The summed E-state index contributed by atoms with van der Waals surface area (Å²) in [6.07, 6.45) is 2.18. The van der Waals surface area contributed by atoms with Crippen LogP contribution in [-0.4, -0.2) is 29.1 Å². The summed E-state index contributed by atoms with van der Waals surface area (Å²) in [5.74, 6) is 0. The number of piperidine rings is 2. The SMILES string of the molecule is CN1C2CCCC1CC(O)(c1cccc(C(F)F)c1)C2. The van der Waals surface area contributed by atoms with E-state index >= 15 is 0 Å². The molecule has 2 fully saturated rings. The minimum Gasteiger partial charge on any atom is -0.385 e. The third kappa shape index (κ3) is 2.35. The van der Waals surface area contributed by atoms with Crippen LogP contribution in [0, 0.1) is 0 Å². The number of rotatable bonds is 2. The third-order valence-electron chi connectivity index (χ3n) is 5.05.